The first-order valence-corrected chi connectivity index (χ1v) is 12.0. The second-order valence-electron chi connectivity index (χ2n) is 8.01. The van der Waals surface area contributed by atoms with Gasteiger partial charge < -0.3 is 33.2 Å². The molecule has 0 aromatic carbocycles. The SMILES string of the molecule is CCOC(=O)C#Cc1c(C(=O)OCC)nnn1C1OC(COC(C)=O)C(OC(C)=O)C(OC(C)=O)C1OC(C)=O. The van der Waals surface area contributed by atoms with Crippen molar-refractivity contribution in [3.8, 4) is 11.8 Å². The number of esters is 6. The molecule has 2 rings (SSSR count). The first-order chi connectivity index (χ1) is 18.9. The van der Waals surface area contributed by atoms with Crippen LogP contribution in [0.2, 0.25) is 0 Å². The highest BCUT2D eigenvalue weighted by atomic mass is 16.7. The molecule has 0 bridgehead atoms. The summed E-state index contributed by atoms with van der Waals surface area (Å²) >= 11 is 0. The third-order valence-electron chi connectivity index (χ3n) is 4.93. The van der Waals surface area contributed by atoms with Crippen LogP contribution >= 0.6 is 0 Å². The van der Waals surface area contributed by atoms with Crippen molar-refractivity contribution in [2.45, 2.75) is 72.2 Å². The molecule has 1 saturated heterocycles. The monoisotopic (exact) mass is 567 g/mol. The standard InChI is InChI=1S/C24H29N3O13/c1-7-34-18(32)10-9-16-19(24(33)35-8-2)25-26-27(16)23-22(39-15(6)31)21(38-14(5)30)20(37-13(4)29)17(40-23)11-36-12(3)28/h17,20-23H,7-8,11H2,1-6H3. The molecule has 0 N–H and O–H groups in total. The summed E-state index contributed by atoms with van der Waals surface area (Å²) in [5.74, 6) is -0.506. The van der Waals surface area contributed by atoms with Crippen LogP contribution < -0.4 is 0 Å². The van der Waals surface area contributed by atoms with E-state index in [0.29, 0.717) is 0 Å². The van der Waals surface area contributed by atoms with E-state index in [1.54, 1.807) is 13.8 Å². The Bertz CT molecular complexity index is 1200. The summed E-state index contributed by atoms with van der Waals surface area (Å²) in [5, 5.41) is 7.68. The molecule has 16 nitrogen and oxygen atoms in total. The number of aromatic nitrogens is 3. The minimum Gasteiger partial charge on any atom is -0.463 e. The number of hydrogen-bond acceptors (Lipinski definition) is 15. The van der Waals surface area contributed by atoms with Gasteiger partial charge >= 0.3 is 35.8 Å². The van der Waals surface area contributed by atoms with Gasteiger partial charge in [0.05, 0.1) is 13.2 Å². The van der Waals surface area contributed by atoms with Crippen LogP contribution in [0.1, 0.15) is 64.0 Å². The van der Waals surface area contributed by atoms with Crippen LogP contribution in [0.4, 0.5) is 0 Å². The average molecular weight is 568 g/mol. The average Bonchev–Trinajstić information content (AvgIpc) is 3.27. The lowest BCUT2D eigenvalue weighted by Gasteiger charge is -2.44. The number of rotatable bonds is 9. The molecule has 5 unspecified atom stereocenters. The molecule has 16 heteroatoms. The van der Waals surface area contributed by atoms with E-state index < -0.39 is 78.8 Å². The topological polar surface area (TPSA) is 198 Å². The molecule has 40 heavy (non-hydrogen) atoms. The van der Waals surface area contributed by atoms with Crippen molar-refractivity contribution in [2.24, 2.45) is 0 Å². The first kappa shape index (κ1) is 31.7. The quantitative estimate of drug-likeness (QED) is 0.212. The van der Waals surface area contributed by atoms with E-state index in [2.05, 4.69) is 22.2 Å². The molecule has 2 heterocycles. The predicted molar refractivity (Wildman–Crippen MR) is 127 cm³/mol. The minimum absolute atomic E-state index is 0.0233. The van der Waals surface area contributed by atoms with Crippen molar-refractivity contribution in [3.63, 3.8) is 0 Å². The molecular weight excluding hydrogens is 538 g/mol. The lowest BCUT2D eigenvalue weighted by Crippen LogP contribution is -2.60. The Morgan fingerprint density at radius 2 is 1.38 bits per heavy atom. The van der Waals surface area contributed by atoms with Crippen molar-refractivity contribution < 1.29 is 61.9 Å². The zero-order chi connectivity index (χ0) is 30.0. The van der Waals surface area contributed by atoms with Gasteiger partial charge in [-0.05, 0) is 19.8 Å². The Labute approximate surface area is 228 Å². The Hall–Kier alpha value is -4.52. The first-order valence-electron chi connectivity index (χ1n) is 12.0. The van der Waals surface area contributed by atoms with E-state index in [9.17, 15) is 28.8 Å². The molecule has 1 aliphatic heterocycles. The number of hydrogen-bond donors (Lipinski definition) is 0. The van der Waals surface area contributed by atoms with Crippen molar-refractivity contribution >= 4 is 35.8 Å². The predicted octanol–water partition coefficient (Wildman–Crippen LogP) is -0.375. The molecule has 0 saturated carbocycles. The highest BCUT2D eigenvalue weighted by Gasteiger charge is 2.54. The molecule has 0 radical (unpaired) electrons. The molecule has 1 aromatic heterocycles. The van der Waals surface area contributed by atoms with Crippen LogP contribution in [0.5, 0.6) is 0 Å². The summed E-state index contributed by atoms with van der Waals surface area (Å²) in [5.41, 5.74) is -0.737. The van der Waals surface area contributed by atoms with Crippen LogP contribution in [-0.2, 0) is 57.1 Å². The maximum Gasteiger partial charge on any atom is 0.384 e. The molecule has 1 aromatic rings. The van der Waals surface area contributed by atoms with E-state index in [-0.39, 0.29) is 18.9 Å². The molecule has 0 spiro atoms. The Morgan fingerprint density at radius 3 is 1.93 bits per heavy atom. The van der Waals surface area contributed by atoms with Gasteiger partial charge in [0.15, 0.2) is 24.5 Å². The molecule has 218 valence electrons. The maximum absolute atomic E-state index is 12.6. The summed E-state index contributed by atoms with van der Waals surface area (Å²) in [6, 6.07) is 0. The zero-order valence-electron chi connectivity index (χ0n) is 22.7. The van der Waals surface area contributed by atoms with Crippen LogP contribution in [-0.4, -0.2) is 95.0 Å². The van der Waals surface area contributed by atoms with Gasteiger partial charge in [0.25, 0.3) is 0 Å². The normalized spacial score (nSPS) is 21.6. The molecule has 1 aliphatic rings. The van der Waals surface area contributed by atoms with Crippen LogP contribution in [0.3, 0.4) is 0 Å². The largest absolute Gasteiger partial charge is 0.463 e. The minimum atomic E-state index is -1.57. The molecule has 0 aliphatic carbocycles. The van der Waals surface area contributed by atoms with Gasteiger partial charge in [-0.1, -0.05) is 5.21 Å². The number of carbonyl (C=O) groups excluding carboxylic acids is 6. The fourth-order valence-corrected chi connectivity index (χ4v) is 3.60. The summed E-state index contributed by atoms with van der Waals surface area (Å²) < 4.78 is 37.9. The van der Waals surface area contributed by atoms with Gasteiger partial charge in [-0.15, -0.1) is 5.10 Å². The molecular formula is C24H29N3O13. The van der Waals surface area contributed by atoms with Gasteiger partial charge in [0.2, 0.25) is 5.69 Å². The van der Waals surface area contributed by atoms with E-state index in [1.165, 1.54) is 0 Å². The fourth-order valence-electron chi connectivity index (χ4n) is 3.60. The summed E-state index contributed by atoms with van der Waals surface area (Å²) in [6.45, 7) is 6.92. The number of ether oxygens (including phenoxy) is 7. The summed E-state index contributed by atoms with van der Waals surface area (Å²) in [6.07, 6.45) is -7.40. The highest BCUT2D eigenvalue weighted by Crippen LogP contribution is 2.35. The molecule has 0 amide bonds. The zero-order valence-corrected chi connectivity index (χ0v) is 22.7. The van der Waals surface area contributed by atoms with E-state index in [1.807, 2.05) is 0 Å². The summed E-state index contributed by atoms with van der Waals surface area (Å²) in [4.78, 5) is 72.2. The van der Waals surface area contributed by atoms with Crippen LogP contribution in [0.15, 0.2) is 0 Å². The molecule has 1 fully saturated rings. The smallest absolute Gasteiger partial charge is 0.384 e. The Morgan fingerprint density at radius 1 is 0.800 bits per heavy atom. The van der Waals surface area contributed by atoms with Crippen molar-refractivity contribution in [1.82, 2.24) is 15.0 Å². The van der Waals surface area contributed by atoms with Crippen LogP contribution in [0.25, 0.3) is 0 Å². The van der Waals surface area contributed by atoms with E-state index in [0.717, 1.165) is 32.4 Å². The highest BCUT2D eigenvalue weighted by molar-refractivity contribution is 5.92. The number of nitrogens with zero attached hydrogens (tertiary/aromatic N) is 3. The molecule has 5 atom stereocenters. The van der Waals surface area contributed by atoms with E-state index in [4.69, 9.17) is 33.2 Å². The second-order valence-corrected chi connectivity index (χ2v) is 8.01. The number of carbonyl (C=O) groups is 6. The van der Waals surface area contributed by atoms with Gasteiger partial charge in [-0.3, -0.25) is 19.2 Å². The second kappa shape index (κ2) is 14.6. The van der Waals surface area contributed by atoms with Gasteiger partial charge in [-0.2, -0.15) is 0 Å². The summed E-state index contributed by atoms with van der Waals surface area (Å²) in [7, 11) is 0. The third-order valence-corrected chi connectivity index (χ3v) is 4.93. The lowest BCUT2D eigenvalue weighted by atomic mass is 9.97. The van der Waals surface area contributed by atoms with Crippen molar-refractivity contribution in [2.75, 3.05) is 19.8 Å². The lowest BCUT2D eigenvalue weighted by molar-refractivity contribution is -0.270. The van der Waals surface area contributed by atoms with Gasteiger partial charge in [0, 0.05) is 33.6 Å². The van der Waals surface area contributed by atoms with E-state index >= 15 is 0 Å². The van der Waals surface area contributed by atoms with Gasteiger partial charge in [0.1, 0.15) is 18.4 Å². The van der Waals surface area contributed by atoms with Crippen LogP contribution in [0, 0.1) is 11.8 Å². The van der Waals surface area contributed by atoms with Crippen molar-refractivity contribution in [1.29, 1.82) is 0 Å². The van der Waals surface area contributed by atoms with Crippen molar-refractivity contribution in [3.05, 3.63) is 11.4 Å². The maximum atomic E-state index is 12.6. The Balaban J connectivity index is 2.76. The fraction of sp³-hybridized carbons (Fsp3) is 0.583. The Kier molecular flexibility index (Phi) is 11.6. The third kappa shape index (κ3) is 8.50. The van der Waals surface area contributed by atoms with Gasteiger partial charge in [-0.25, -0.2) is 14.3 Å².